The first-order chi connectivity index (χ1) is 13.8. The van der Waals surface area contributed by atoms with Crippen LogP contribution in [0.4, 0.5) is 22.0 Å². The number of piperidine rings is 1. The second-order valence-corrected chi connectivity index (χ2v) is 7.66. The Balaban J connectivity index is 1.21. The molecule has 2 unspecified atom stereocenters. The number of hydrogen-bond donors (Lipinski definition) is 0. The van der Waals surface area contributed by atoms with E-state index in [1.165, 1.54) is 24.3 Å². The molecule has 0 radical (unpaired) electrons. The molecular formula is C21H20F5N2O-. The summed E-state index contributed by atoms with van der Waals surface area (Å²) in [5.74, 6) is -0.401. The van der Waals surface area contributed by atoms with Gasteiger partial charge in [-0.05, 0) is 30.0 Å². The molecule has 1 heterocycles. The first-order valence-corrected chi connectivity index (χ1v) is 9.43. The largest absolute Gasteiger partial charge is 0.658 e. The summed E-state index contributed by atoms with van der Waals surface area (Å²) in [4.78, 5) is 2.13. The molecular weight excluding hydrogens is 391 g/mol. The Morgan fingerprint density at radius 2 is 1.76 bits per heavy atom. The van der Waals surface area contributed by atoms with E-state index >= 15 is 0 Å². The minimum Gasteiger partial charge on any atom is -0.658 e. The summed E-state index contributed by atoms with van der Waals surface area (Å²) in [6, 6.07) is 10.1. The lowest BCUT2D eigenvalue weighted by atomic mass is 10.1. The highest BCUT2D eigenvalue weighted by atomic mass is 19.4. The van der Waals surface area contributed by atoms with Crippen LogP contribution in [0.1, 0.15) is 11.1 Å². The van der Waals surface area contributed by atoms with Crippen LogP contribution in [-0.2, 0) is 13.1 Å². The van der Waals surface area contributed by atoms with Crippen LogP contribution in [0.25, 0.3) is 5.32 Å². The SMILES string of the molecule is Fc1cccc(CN2CC3C(C[N-]Cc4cccc(OC(F)(F)F)c4)C3C2)c1F. The quantitative estimate of drug-likeness (QED) is 0.592. The first kappa shape index (κ1) is 20.1. The number of benzene rings is 2. The minimum atomic E-state index is -4.71. The molecule has 1 aliphatic heterocycles. The summed E-state index contributed by atoms with van der Waals surface area (Å²) in [6.45, 7) is 3.04. The summed E-state index contributed by atoms with van der Waals surface area (Å²) in [5.41, 5.74) is 1.04. The van der Waals surface area contributed by atoms with Gasteiger partial charge in [0, 0.05) is 25.2 Å². The third-order valence-corrected chi connectivity index (χ3v) is 5.64. The molecule has 2 fully saturated rings. The van der Waals surface area contributed by atoms with Gasteiger partial charge in [0.2, 0.25) is 0 Å². The molecule has 1 saturated heterocycles. The van der Waals surface area contributed by atoms with Crippen molar-refractivity contribution in [2.45, 2.75) is 19.5 Å². The van der Waals surface area contributed by atoms with Gasteiger partial charge in [0.25, 0.3) is 0 Å². The van der Waals surface area contributed by atoms with Crippen molar-refractivity contribution in [3.63, 3.8) is 0 Å². The number of rotatable bonds is 7. The van der Waals surface area contributed by atoms with E-state index in [4.69, 9.17) is 0 Å². The summed E-state index contributed by atoms with van der Waals surface area (Å²) in [5, 5.41) is 4.49. The van der Waals surface area contributed by atoms with Crippen molar-refractivity contribution in [2.24, 2.45) is 17.8 Å². The summed E-state index contributed by atoms with van der Waals surface area (Å²) in [7, 11) is 0. The van der Waals surface area contributed by atoms with Crippen molar-refractivity contribution >= 4 is 0 Å². The second-order valence-electron chi connectivity index (χ2n) is 7.66. The van der Waals surface area contributed by atoms with Gasteiger partial charge in [0.15, 0.2) is 11.6 Å². The topological polar surface area (TPSA) is 26.6 Å². The Morgan fingerprint density at radius 3 is 2.48 bits per heavy atom. The fourth-order valence-corrected chi connectivity index (χ4v) is 4.23. The number of nitrogens with zero attached hydrogens (tertiary/aromatic N) is 2. The average Bonchev–Trinajstić information content (AvgIpc) is 3.09. The Kier molecular flexibility index (Phi) is 5.48. The maximum Gasteiger partial charge on any atom is 0.573 e. The maximum atomic E-state index is 13.8. The molecule has 0 spiro atoms. The van der Waals surface area contributed by atoms with Gasteiger partial charge in [-0.25, -0.2) is 8.78 Å². The van der Waals surface area contributed by atoms with Crippen LogP contribution in [0.3, 0.4) is 0 Å². The first-order valence-electron chi connectivity index (χ1n) is 9.43. The molecule has 2 aromatic carbocycles. The van der Waals surface area contributed by atoms with Crippen molar-refractivity contribution in [2.75, 3.05) is 19.6 Å². The van der Waals surface area contributed by atoms with Gasteiger partial charge >= 0.3 is 6.36 Å². The molecule has 1 aliphatic carbocycles. The molecule has 0 aromatic heterocycles. The lowest BCUT2D eigenvalue weighted by Crippen LogP contribution is -2.25. The molecule has 2 atom stereocenters. The highest BCUT2D eigenvalue weighted by Gasteiger charge is 2.53. The van der Waals surface area contributed by atoms with Crippen molar-refractivity contribution in [1.29, 1.82) is 0 Å². The van der Waals surface area contributed by atoms with E-state index in [0.717, 1.165) is 19.2 Å². The number of halogens is 5. The van der Waals surface area contributed by atoms with E-state index in [-0.39, 0.29) is 5.75 Å². The van der Waals surface area contributed by atoms with Crippen LogP contribution < -0.4 is 4.74 Å². The van der Waals surface area contributed by atoms with Crippen molar-refractivity contribution in [1.82, 2.24) is 4.90 Å². The van der Waals surface area contributed by atoms with E-state index in [9.17, 15) is 22.0 Å². The van der Waals surface area contributed by atoms with E-state index in [2.05, 4.69) is 15.0 Å². The third-order valence-electron chi connectivity index (χ3n) is 5.64. The summed E-state index contributed by atoms with van der Waals surface area (Å²) >= 11 is 0. The van der Waals surface area contributed by atoms with Gasteiger partial charge in [-0.2, -0.15) is 0 Å². The van der Waals surface area contributed by atoms with Crippen LogP contribution in [0.15, 0.2) is 42.5 Å². The standard InChI is InChI=1S/C21H20F5N2O/c22-19-6-2-4-14(20(19)23)10-28-11-17-16(18(17)12-28)9-27-8-13-3-1-5-15(7-13)29-21(24,25)26/h1-7,16-18H,8-12H2/q-1. The fourth-order valence-electron chi connectivity index (χ4n) is 4.23. The lowest BCUT2D eigenvalue weighted by Gasteiger charge is -2.24. The molecule has 0 N–H and O–H groups in total. The predicted molar refractivity (Wildman–Crippen MR) is 97.2 cm³/mol. The number of likely N-dealkylation sites (tertiary alicyclic amines) is 1. The Bertz CT molecular complexity index is 860. The number of ether oxygens (including phenoxy) is 1. The van der Waals surface area contributed by atoms with Gasteiger partial charge < -0.3 is 10.1 Å². The van der Waals surface area contributed by atoms with E-state index < -0.39 is 18.0 Å². The van der Waals surface area contributed by atoms with Gasteiger partial charge in [0.1, 0.15) is 5.75 Å². The molecule has 8 heteroatoms. The van der Waals surface area contributed by atoms with Gasteiger partial charge in [-0.1, -0.05) is 35.7 Å². The zero-order valence-corrected chi connectivity index (χ0v) is 15.5. The lowest BCUT2D eigenvalue weighted by molar-refractivity contribution is -0.274. The normalized spacial score (nSPS) is 23.8. The molecule has 0 amide bonds. The van der Waals surface area contributed by atoms with Crippen LogP contribution in [0, 0.1) is 29.4 Å². The Labute approximate surface area is 165 Å². The van der Waals surface area contributed by atoms with E-state index in [0.29, 0.717) is 48.5 Å². The average molecular weight is 411 g/mol. The molecule has 4 rings (SSSR count). The highest BCUT2D eigenvalue weighted by molar-refractivity contribution is 5.30. The van der Waals surface area contributed by atoms with Crippen LogP contribution >= 0.6 is 0 Å². The fraction of sp³-hybridized carbons (Fsp3) is 0.429. The zero-order chi connectivity index (χ0) is 20.6. The molecule has 2 aromatic rings. The second kappa shape index (κ2) is 7.91. The number of hydrogen-bond acceptors (Lipinski definition) is 2. The molecule has 29 heavy (non-hydrogen) atoms. The number of alkyl halides is 3. The predicted octanol–water partition coefficient (Wildman–Crippen LogP) is 5.12. The van der Waals surface area contributed by atoms with Gasteiger partial charge in [0.05, 0.1) is 0 Å². The Morgan fingerprint density at radius 1 is 1.03 bits per heavy atom. The highest BCUT2D eigenvalue weighted by Crippen LogP contribution is 2.52. The molecule has 1 saturated carbocycles. The van der Waals surface area contributed by atoms with Crippen LogP contribution in [0.5, 0.6) is 5.75 Å². The molecule has 2 aliphatic rings. The van der Waals surface area contributed by atoms with Crippen molar-refractivity contribution < 1.29 is 26.7 Å². The maximum absolute atomic E-state index is 13.8. The molecule has 156 valence electrons. The van der Waals surface area contributed by atoms with Gasteiger partial charge in [-0.15, -0.1) is 26.3 Å². The van der Waals surface area contributed by atoms with Crippen LogP contribution in [-0.4, -0.2) is 30.9 Å². The molecule has 3 nitrogen and oxygen atoms in total. The molecule has 0 bridgehead atoms. The summed E-state index contributed by atoms with van der Waals surface area (Å²) < 4.78 is 67.9. The monoisotopic (exact) mass is 411 g/mol. The summed E-state index contributed by atoms with van der Waals surface area (Å²) in [6.07, 6.45) is -4.71. The van der Waals surface area contributed by atoms with E-state index in [1.54, 1.807) is 12.1 Å². The van der Waals surface area contributed by atoms with Gasteiger partial charge in [-0.3, -0.25) is 4.90 Å². The smallest absolute Gasteiger partial charge is 0.573 e. The number of fused-ring (bicyclic) bond motifs is 1. The van der Waals surface area contributed by atoms with E-state index in [1.807, 2.05) is 0 Å². The van der Waals surface area contributed by atoms with Crippen molar-refractivity contribution in [3.05, 3.63) is 70.5 Å². The minimum absolute atomic E-state index is 0.242. The van der Waals surface area contributed by atoms with Crippen LogP contribution in [0.2, 0.25) is 0 Å². The Hall–Kier alpha value is -2.19. The van der Waals surface area contributed by atoms with Crippen molar-refractivity contribution in [3.8, 4) is 5.75 Å². The third kappa shape index (κ3) is 4.87. The zero-order valence-electron chi connectivity index (χ0n) is 15.5.